The van der Waals surface area contributed by atoms with Crippen molar-refractivity contribution in [3.8, 4) is 12.1 Å². The van der Waals surface area contributed by atoms with E-state index in [1.54, 1.807) is 0 Å². The molecule has 0 radical (unpaired) electrons. The molecular formula is C2H4N2O4S2. The molecule has 0 atom stereocenters. The molecule has 0 spiro atoms. The zero-order valence-electron chi connectivity index (χ0n) is 4.51. The van der Waals surface area contributed by atoms with Gasteiger partial charge in [0.2, 0.25) is 0 Å². The highest BCUT2D eigenvalue weighted by Gasteiger charge is 1.84. The Labute approximate surface area is 64.7 Å². The van der Waals surface area contributed by atoms with E-state index in [-0.39, 0.29) is 13.5 Å². The molecule has 6 nitrogen and oxygen atoms in total. The fourth-order valence-electron chi connectivity index (χ4n) is 0. The standard InChI is InChI=1S/C2N2.H2O4S.H2S/c3-1-2-4;1-5(2,3)4;/h;(H2,1,2,3,4);1H2. The predicted molar refractivity (Wildman–Crippen MR) is 35.8 cm³/mol. The maximum Gasteiger partial charge on any atom is 0.394 e. The Bertz CT molecular complexity index is 211. The molecule has 58 valence electrons. The van der Waals surface area contributed by atoms with E-state index < -0.39 is 10.4 Å². The molecule has 0 unspecified atom stereocenters. The minimum Gasteiger partial charge on any atom is -0.264 e. The smallest absolute Gasteiger partial charge is 0.264 e. The summed E-state index contributed by atoms with van der Waals surface area (Å²) >= 11 is 0. The highest BCUT2D eigenvalue weighted by atomic mass is 32.3. The van der Waals surface area contributed by atoms with Crippen molar-refractivity contribution >= 4 is 23.9 Å². The van der Waals surface area contributed by atoms with Crippen LogP contribution in [0.4, 0.5) is 0 Å². The van der Waals surface area contributed by atoms with Crippen molar-refractivity contribution in [2.45, 2.75) is 0 Å². The van der Waals surface area contributed by atoms with Gasteiger partial charge in [0, 0.05) is 0 Å². The Hall–Kier alpha value is -0.800. The lowest BCUT2D eigenvalue weighted by atomic mass is 10.9. The molecule has 0 aliphatic carbocycles. The molecule has 10 heavy (non-hydrogen) atoms. The fourth-order valence-corrected chi connectivity index (χ4v) is 0. The Morgan fingerprint density at radius 1 is 1.10 bits per heavy atom. The highest BCUT2D eigenvalue weighted by Crippen LogP contribution is 1.59. The van der Waals surface area contributed by atoms with Crippen molar-refractivity contribution < 1.29 is 17.5 Å². The second-order valence-electron chi connectivity index (χ2n) is 0.671. The van der Waals surface area contributed by atoms with Crippen molar-refractivity contribution in [2.75, 3.05) is 0 Å². The van der Waals surface area contributed by atoms with E-state index in [1.807, 2.05) is 0 Å². The van der Waals surface area contributed by atoms with Crippen molar-refractivity contribution in [1.82, 2.24) is 0 Å². The van der Waals surface area contributed by atoms with E-state index in [0.717, 1.165) is 0 Å². The first-order valence-electron chi connectivity index (χ1n) is 1.40. The average Bonchev–Trinajstić information content (AvgIpc) is 1.61. The van der Waals surface area contributed by atoms with Gasteiger partial charge in [-0.15, -0.1) is 0 Å². The van der Waals surface area contributed by atoms with Crippen LogP contribution in [0.25, 0.3) is 0 Å². The van der Waals surface area contributed by atoms with Crippen LogP contribution in [0.2, 0.25) is 0 Å². The Balaban J connectivity index is -0.0000000910. The Morgan fingerprint density at radius 3 is 1.20 bits per heavy atom. The van der Waals surface area contributed by atoms with Crippen molar-refractivity contribution in [2.24, 2.45) is 0 Å². The number of nitrogens with zero attached hydrogens (tertiary/aromatic N) is 2. The van der Waals surface area contributed by atoms with Gasteiger partial charge in [0.05, 0.1) is 0 Å². The average molecular weight is 184 g/mol. The SMILES string of the molecule is N#CC#N.O=S(=O)(O)O.S. The number of rotatable bonds is 0. The monoisotopic (exact) mass is 184 g/mol. The van der Waals surface area contributed by atoms with Crippen LogP contribution in [0.5, 0.6) is 0 Å². The van der Waals surface area contributed by atoms with Gasteiger partial charge in [0.25, 0.3) is 0 Å². The summed E-state index contributed by atoms with van der Waals surface area (Å²) in [6, 6.07) is 2.47. The molecule has 0 saturated carbocycles. The van der Waals surface area contributed by atoms with Gasteiger partial charge >= 0.3 is 10.4 Å². The topological polar surface area (TPSA) is 122 Å². The minimum atomic E-state index is -4.67. The largest absolute Gasteiger partial charge is 0.394 e. The molecular weight excluding hydrogens is 180 g/mol. The van der Waals surface area contributed by atoms with Gasteiger partial charge in [0.15, 0.2) is 12.1 Å². The number of hydrogen-bond donors (Lipinski definition) is 2. The second-order valence-corrected chi connectivity index (χ2v) is 1.57. The maximum atomic E-state index is 8.74. The number of nitriles is 2. The Kier molecular flexibility index (Phi) is 13.2. The first-order chi connectivity index (χ1) is 3.91. The molecule has 2 N–H and O–H groups in total. The normalized spacial score (nSPS) is 6.80. The summed E-state index contributed by atoms with van der Waals surface area (Å²) in [7, 11) is -4.67. The summed E-state index contributed by atoms with van der Waals surface area (Å²) < 4.78 is 31.6. The van der Waals surface area contributed by atoms with Gasteiger partial charge < -0.3 is 0 Å². The number of hydrogen-bond acceptors (Lipinski definition) is 4. The van der Waals surface area contributed by atoms with Gasteiger partial charge in [-0.1, -0.05) is 0 Å². The molecule has 0 bridgehead atoms. The molecule has 0 fully saturated rings. The minimum absolute atomic E-state index is 0. The molecule has 8 heteroatoms. The molecule has 0 heterocycles. The zero-order chi connectivity index (χ0) is 7.91. The summed E-state index contributed by atoms with van der Waals surface area (Å²) in [6.07, 6.45) is 0. The van der Waals surface area contributed by atoms with Crippen LogP contribution in [0, 0.1) is 22.7 Å². The summed E-state index contributed by atoms with van der Waals surface area (Å²) in [5, 5.41) is 14.5. The zero-order valence-corrected chi connectivity index (χ0v) is 6.33. The van der Waals surface area contributed by atoms with E-state index in [4.69, 9.17) is 28.0 Å². The van der Waals surface area contributed by atoms with Crippen LogP contribution in [0.3, 0.4) is 0 Å². The summed E-state index contributed by atoms with van der Waals surface area (Å²) in [5.41, 5.74) is 0. The summed E-state index contributed by atoms with van der Waals surface area (Å²) in [6.45, 7) is 0. The van der Waals surface area contributed by atoms with E-state index in [0.29, 0.717) is 0 Å². The van der Waals surface area contributed by atoms with Gasteiger partial charge in [-0.3, -0.25) is 9.11 Å². The third-order valence-electron chi connectivity index (χ3n) is 0.0500. The molecule has 0 aliphatic heterocycles. The van der Waals surface area contributed by atoms with Crippen LogP contribution in [-0.4, -0.2) is 17.5 Å². The molecule has 0 aromatic rings. The van der Waals surface area contributed by atoms with E-state index in [9.17, 15) is 0 Å². The van der Waals surface area contributed by atoms with E-state index in [1.165, 1.54) is 12.1 Å². The lowest BCUT2D eigenvalue weighted by molar-refractivity contribution is 0.381. The van der Waals surface area contributed by atoms with Gasteiger partial charge in [-0.25, -0.2) is 0 Å². The van der Waals surface area contributed by atoms with Crippen molar-refractivity contribution in [3.05, 3.63) is 0 Å². The van der Waals surface area contributed by atoms with E-state index in [2.05, 4.69) is 0 Å². The lowest BCUT2D eigenvalue weighted by Crippen LogP contribution is -1.89. The van der Waals surface area contributed by atoms with Crippen LogP contribution >= 0.6 is 13.5 Å². The highest BCUT2D eigenvalue weighted by molar-refractivity contribution is 7.79. The second kappa shape index (κ2) is 8.20. The molecule has 0 amide bonds. The van der Waals surface area contributed by atoms with Gasteiger partial charge in [-0.2, -0.15) is 32.4 Å². The van der Waals surface area contributed by atoms with Crippen molar-refractivity contribution in [3.63, 3.8) is 0 Å². The van der Waals surface area contributed by atoms with Crippen molar-refractivity contribution in [1.29, 1.82) is 10.5 Å². The molecule has 0 aromatic carbocycles. The molecule has 0 aliphatic rings. The third-order valence-corrected chi connectivity index (χ3v) is 0.0500. The first kappa shape index (κ1) is 16.1. The fraction of sp³-hybridized carbons (Fsp3) is 0. The predicted octanol–water partition coefficient (Wildman–Crippen LogP) is -0.506. The van der Waals surface area contributed by atoms with Crippen LogP contribution in [0.15, 0.2) is 0 Å². The molecule has 0 aromatic heterocycles. The van der Waals surface area contributed by atoms with E-state index >= 15 is 0 Å². The van der Waals surface area contributed by atoms with Crippen LogP contribution < -0.4 is 0 Å². The summed E-state index contributed by atoms with van der Waals surface area (Å²) in [5.74, 6) is 0. The molecule has 0 rings (SSSR count). The lowest BCUT2D eigenvalue weighted by Gasteiger charge is -1.68. The molecule has 0 saturated heterocycles. The Morgan fingerprint density at radius 2 is 1.20 bits per heavy atom. The first-order valence-corrected chi connectivity index (χ1v) is 2.79. The maximum absolute atomic E-state index is 8.74. The van der Waals surface area contributed by atoms with Crippen LogP contribution in [0.1, 0.15) is 0 Å². The van der Waals surface area contributed by atoms with Crippen LogP contribution in [-0.2, 0) is 10.4 Å². The quantitative estimate of drug-likeness (QED) is 0.489. The third kappa shape index (κ3) is 6920. The summed E-state index contributed by atoms with van der Waals surface area (Å²) in [4.78, 5) is 0. The van der Waals surface area contributed by atoms with Gasteiger partial charge in [0.1, 0.15) is 0 Å². The van der Waals surface area contributed by atoms with Gasteiger partial charge in [-0.05, 0) is 0 Å².